The summed E-state index contributed by atoms with van der Waals surface area (Å²) in [7, 11) is 0. The molecule has 2 nitrogen and oxygen atoms in total. The molecule has 1 aromatic rings. The van der Waals surface area contributed by atoms with E-state index in [1.807, 2.05) is 0 Å². The molecular formula is C24H34O2. The topological polar surface area (TPSA) is 34.1 Å². The highest BCUT2D eigenvalue weighted by atomic mass is 16.1. The molecule has 1 aromatic carbocycles. The summed E-state index contributed by atoms with van der Waals surface area (Å²) in [5, 5.41) is 0. The molecule has 0 aliphatic heterocycles. The highest BCUT2D eigenvalue weighted by Gasteiger charge is 2.31. The molecule has 142 valence electrons. The van der Waals surface area contributed by atoms with Crippen LogP contribution in [-0.4, -0.2) is 11.6 Å². The number of hydrogen-bond donors (Lipinski definition) is 0. The van der Waals surface area contributed by atoms with Gasteiger partial charge in [-0.1, -0.05) is 51.0 Å². The van der Waals surface area contributed by atoms with Crippen molar-refractivity contribution in [3.63, 3.8) is 0 Å². The van der Waals surface area contributed by atoms with E-state index < -0.39 is 0 Å². The lowest BCUT2D eigenvalue weighted by molar-refractivity contribution is -0.134. The number of benzene rings is 1. The number of carbonyl (C=O) groups excluding carboxylic acids is 2. The first-order valence-corrected chi connectivity index (χ1v) is 10.7. The van der Waals surface area contributed by atoms with Crippen molar-refractivity contribution in [2.45, 2.75) is 84.0 Å². The third-order valence-corrected chi connectivity index (χ3v) is 6.65. The van der Waals surface area contributed by atoms with Crippen LogP contribution in [0.2, 0.25) is 0 Å². The number of hydrogen-bond acceptors (Lipinski definition) is 2. The van der Waals surface area contributed by atoms with Crippen molar-refractivity contribution < 1.29 is 9.59 Å². The van der Waals surface area contributed by atoms with Crippen molar-refractivity contribution in [1.82, 2.24) is 0 Å². The summed E-state index contributed by atoms with van der Waals surface area (Å²) in [6.45, 7) is 4.39. The highest BCUT2D eigenvalue weighted by Crippen LogP contribution is 2.37. The fourth-order valence-corrected chi connectivity index (χ4v) is 4.97. The van der Waals surface area contributed by atoms with E-state index in [2.05, 4.69) is 38.1 Å². The number of rotatable bonds is 6. The number of Topliss-reactive ketones (excluding diaryl/α,β-unsaturated/α-hetero) is 2. The molecule has 2 heteroatoms. The molecule has 3 rings (SSSR count). The van der Waals surface area contributed by atoms with Gasteiger partial charge in [0.15, 0.2) is 0 Å². The second kappa shape index (κ2) is 8.97. The van der Waals surface area contributed by atoms with Gasteiger partial charge in [0.1, 0.15) is 11.6 Å². The summed E-state index contributed by atoms with van der Waals surface area (Å²) < 4.78 is 0. The molecule has 0 amide bonds. The standard InChI is InChI=1S/C24H34O2/c1-3-4-18-6-10-20(11-7-18)21-12-8-19(9-13-21)16-24(26)22-14-5-17(2)15-23(22)25/h8-9,12-13,17-18,20,22H,3-7,10-11,14-16H2,1-2H3/t17?,18-,20-,22?. The van der Waals surface area contributed by atoms with Gasteiger partial charge in [0.2, 0.25) is 0 Å². The molecule has 2 saturated carbocycles. The van der Waals surface area contributed by atoms with Crippen LogP contribution in [0.5, 0.6) is 0 Å². The maximum absolute atomic E-state index is 12.5. The first-order chi connectivity index (χ1) is 12.6. The van der Waals surface area contributed by atoms with Crippen LogP contribution in [0.4, 0.5) is 0 Å². The van der Waals surface area contributed by atoms with Crippen LogP contribution in [0, 0.1) is 17.8 Å². The van der Waals surface area contributed by atoms with Crippen molar-refractivity contribution in [1.29, 1.82) is 0 Å². The van der Waals surface area contributed by atoms with E-state index in [1.54, 1.807) is 0 Å². The van der Waals surface area contributed by atoms with Crippen molar-refractivity contribution in [2.75, 3.05) is 0 Å². The molecule has 2 unspecified atom stereocenters. The summed E-state index contributed by atoms with van der Waals surface area (Å²) >= 11 is 0. The summed E-state index contributed by atoms with van der Waals surface area (Å²) in [6, 6.07) is 8.67. The van der Waals surface area contributed by atoms with Crippen molar-refractivity contribution in [3.8, 4) is 0 Å². The Morgan fingerprint density at radius 2 is 1.69 bits per heavy atom. The minimum absolute atomic E-state index is 0.120. The van der Waals surface area contributed by atoms with Crippen LogP contribution < -0.4 is 0 Å². The van der Waals surface area contributed by atoms with E-state index in [0.717, 1.165) is 24.3 Å². The lowest BCUT2D eigenvalue weighted by Gasteiger charge is -2.28. The average molecular weight is 355 g/mol. The summed E-state index contributed by atoms with van der Waals surface area (Å²) in [5.74, 6) is 2.00. The van der Waals surface area contributed by atoms with Crippen LogP contribution in [0.15, 0.2) is 24.3 Å². The molecule has 26 heavy (non-hydrogen) atoms. The Morgan fingerprint density at radius 1 is 1.00 bits per heavy atom. The van der Waals surface area contributed by atoms with Gasteiger partial charge in [-0.15, -0.1) is 0 Å². The number of carbonyl (C=O) groups is 2. The Labute approximate surface area is 158 Å². The predicted octanol–water partition coefficient (Wildman–Crippen LogP) is 5.88. The smallest absolute Gasteiger partial charge is 0.147 e. The van der Waals surface area contributed by atoms with E-state index in [9.17, 15) is 9.59 Å². The van der Waals surface area contributed by atoms with E-state index in [-0.39, 0.29) is 17.5 Å². The van der Waals surface area contributed by atoms with Crippen molar-refractivity contribution in [2.24, 2.45) is 17.8 Å². The normalized spacial score (nSPS) is 29.5. The van der Waals surface area contributed by atoms with E-state index in [0.29, 0.717) is 24.7 Å². The van der Waals surface area contributed by atoms with Crippen LogP contribution in [0.1, 0.15) is 88.7 Å². The highest BCUT2D eigenvalue weighted by molar-refractivity contribution is 6.03. The van der Waals surface area contributed by atoms with Gasteiger partial charge < -0.3 is 0 Å². The molecule has 2 fully saturated rings. The molecule has 0 bridgehead atoms. The van der Waals surface area contributed by atoms with Gasteiger partial charge >= 0.3 is 0 Å². The Morgan fingerprint density at radius 3 is 2.31 bits per heavy atom. The zero-order valence-corrected chi connectivity index (χ0v) is 16.5. The fourth-order valence-electron chi connectivity index (χ4n) is 4.97. The van der Waals surface area contributed by atoms with Crippen LogP contribution >= 0.6 is 0 Å². The molecule has 0 radical (unpaired) electrons. The monoisotopic (exact) mass is 354 g/mol. The van der Waals surface area contributed by atoms with E-state index in [4.69, 9.17) is 0 Å². The van der Waals surface area contributed by atoms with Crippen LogP contribution in [0.25, 0.3) is 0 Å². The fraction of sp³-hybridized carbons (Fsp3) is 0.667. The van der Waals surface area contributed by atoms with Gasteiger partial charge in [-0.3, -0.25) is 9.59 Å². The summed E-state index contributed by atoms with van der Waals surface area (Å²) in [4.78, 5) is 24.7. The molecule has 0 heterocycles. The first kappa shape index (κ1) is 19.3. The summed E-state index contributed by atoms with van der Waals surface area (Å²) in [5.41, 5.74) is 2.49. The molecule has 2 aliphatic carbocycles. The SMILES string of the molecule is CCC[C@H]1CC[C@H](c2ccc(CC(=O)C3CCC(C)CC3=O)cc2)CC1. The lowest BCUT2D eigenvalue weighted by Crippen LogP contribution is -2.31. The molecule has 0 spiro atoms. The molecule has 2 atom stereocenters. The predicted molar refractivity (Wildman–Crippen MR) is 106 cm³/mol. The zero-order valence-electron chi connectivity index (χ0n) is 16.5. The lowest BCUT2D eigenvalue weighted by atomic mass is 9.77. The van der Waals surface area contributed by atoms with Gasteiger partial charge in [0.25, 0.3) is 0 Å². The Balaban J connectivity index is 1.53. The van der Waals surface area contributed by atoms with Crippen molar-refractivity contribution in [3.05, 3.63) is 35.4 Å². The largest absolute Gasteiger partial charge is 0.299 e. The minimum atomic E-state index is -0.347. The van der Waals surface area contributed by atoms with E-state index in [1.165, 1.54) is 44.1 Å². The quantitative estimate of drug-likeness (QED) is 0.598. The third kappa shape index (κ3) is 4.84. The maximum Gasteiger partial charge on any atom is 0.147 e. The minimum Gasteiger partial charge on any atom is -0.299 e. The second-order valence-electron chi connectivity index (χ2n) is 8.80. The van der Waals surface area contributed by atoms with Gasteiger partial charge in [-0.25, -0.2) is 0 Å². The van der Waals surface area contributed by atoms with Gasteiger partial charge in [0, 0.05) is 12.8 Å². The Hall–Kier alpha value is -1.44. The zero-order chi connectivity index (χ0) is 18.5. The Bertz CT molecular complexity index is 608. The molecule has 0 saturated heterocycles. The average Bonchev–Trinajstić information content (AvgIpc) is 2.63. The van der Waals surface area contributed by atoms with Gasteiger partial charge in [-0.05, 0) is 67.4 Å². The number of ketones is 2. The van der Waals surface area contributed by atoms with Crippen LogP contribution in [-0.2, 0) is 16.0 Å². The van der Waals surface area contributed by atoms with Crippen molar-refractivity contribution >= 4 is 11.6 Å². The van der Waals surface area contributed by atoms with E-state index >= 15 is 0 Å². The summed E-state index contributed by atoms with van der Waals surface area (Å²) in [6.07, 6.45) is 10.8. The molecule has 2 aliphatic rings. The second-order valence-corrected chi connectivity index (χ2v) is 8.80. The Kier molecular flexibility index (Phi) is 6.67. The molecule has 0 aromatic heterocycles. The maximum atomic E-state index is 12.5. The molecule has 0 N–H and O–H groups in total. The first-order valence-electron chi connectivity index (χ1n) is 10.7. The van der Waals surface area contributed by atoms with Gasteiger partial charge in [-0.2, -0.15) is 0 Å². The van der Waals surface area contributed by atoms with Crippen LogP contribution in [0.3, 0.4) is 0 Å². The van der Waals surface area contributed by atoms with Gasteiger partial charge in [0.05, 0.1) is 5.92 Å². The molecular weight excluding hydrogens is 320 g/mol. The third-order valence-electron chi connectivity index (χ3n) is 6.65.